The third-order valence-electron chi connectivity index (χ3n) is 3.41. The second kappa shape index (κ2) is 6.64. The summed E-state index contributed by atoms with van der Waals surface area (Å²) in [6, 6.07) is 7.64. The first-order valence-electron chi connectivity index (χ1n) is 6.98. The highest BCUT2D eigenvalue weighted by atomic mass is 16.5. The lowest BCUT2D eigenvalue weighted by molar-refractivity contribution is 0.235. The van der Waals surface area contributed by atoms with Crippen LogP contribution in [-0.2, 0) is 0 Å². The summed E-state index contributed by atoms with van der Waals surface area (Å²) >= 11 is 0. The van der Waals surface area contributed by atoms with Gasteiger partial charge in [-0.3, -0.25) is 0 Å². The molecule has 1 saturated carbocycles. The smallest absolute Gasteiger partial charge is 0.121 e. The minimum atomic E-state index is 0.761. The zero-order valence-corrected chi connectivity index (χ0v) is 11.3. The lowest BCUT2D eigenvalue weighted by Crippen LogP contribution is -2.27. The van der Waals surface area contributed by atoms with E-state index in [0.29, 0.717) is 0 Å². The maximum absolute atomic E-state index is 5.71. The van der Waals surface area contributed by atoms with Crippen LogP contribution in [0.3, 0.4) is 0 Å². The average Bonchev–Trinajstić information content (AvgIpc) is 3.17. The Labute approximate surface area is 110 Å². The summed E-state index contributed by atoms with van der Waals surface area (Å²) in [6.07, 6.45) is 3.93. The van der Waals surface area contributed by atoms with Crippen LogP contribution in [0.2, 0.25) is 0 Å². The summed E-state index contributed by atoms with van der Waals surface area (Å²) < 4.78 is 5.70. The minimum absolute atomic E-state index is 0.761. The highest BCUT2D eigenvalue weighted by Crippen LogP contribution is 2.29. The maximum atomic E-state index is 5.71. The lowest BCUT2D eigenvalue weighted by atomic mass is 10.3. The molecular weight excluding hydrogens is 224 g/mol. The molecule has 0 saturated heterocycles. The third-order valence-corrected chi connectivity index (χ3v) is 3.41. The Morgan fingerprint density at radius 3 is 2.89 bits per heavy atom. The van der Waals surface area contributed by atoms with Crippen LogP contribution in [0, 0.1) is 5.92 Å². The SMILES string of the molecule is CCN(CCCOc1cccc(N)c1)CC1CC1. The number of hydrogen-bond donors (Lipinski definition) is 1. The molecule has 0 atom stereocenters. The van der Waals surface area contributed by atoms with Crippen LogP contribution in [-0.4, -0.2) is 31.1 Å². The fourth-order valence-corrected chi connectivity index (χ4v) is 2.13. The predicted octanol–water partition coefficient (Wildman–Crippen LogP) is 2.77. The van der Waals surface area contributed by atoms with Crippen molar-refractivity contribution in [1.29, 1.82) is 0 Å². The van der Waals surface area contributed by atoms with Crippen molar-refractivity contribution in [2.24, 2.45) is 5.92 Å². The van der Waals surface area contributed by atoms with E-state index in [0.717, 1.165) is 43.5 Å². The Morgan fingerprint density at radius 2 is 2.22 bits per heavy atom. The molecule has 1 aliphatic carbocycles. The van der Waals surface area contributed by atoms with Gasteiger partial charge in [-0.2, -0.15) is 0 Å². The van der Waals surface area contributed by atoms with E-state index >= 15 is 0 Å². The van der Waals surface area contributed by atoms with Crippen molar-refractivity contribution in [3.8, 4) is 5.75 Å². The summed E-state index contributed by atoms with van der Waals surface area (Å²) in [5, 5.41) is 0. The summed E-state index contributed by atoms with van der Waals surface area (Å²) in [5.41, 5.74) is 6.47. The molecule has 1 fully saturated rings. The molecule has 3 heteroatoms. The molecule has 0 aromatic heterocycles. The molecular formula is C15H24N2O. The third kappa shape index (κ3) is 4.57. The Hall–Kier alpha value is -1.22. The van der Waals surface area contributed by atoms with E-state index in [1.165, 1.54) is 19.4 Å². The van der Waals surface area contributed by atoms with E-state index in [2.05, 4.69) is 11.8 Å². The van der Waals surface area contributed by atoms with E-state index in [1.807, 2.05) is 24.3 Å². The topological polar surface area (TPSA) is 38.5 Å². The van der Waals surface area contributed by atoms with Gasteiger partial charge in [0.25, 0.3) is 0 Å². The zero-order valence-electron chi connectivity index (χ0n) is 11.3. The van der Waals surface area contributed by atoms with Crippen molar-refractivity contribution < 1.29 is 4.74 Å². The van der Waals surface area contributed by atoms with Gasteiger partial charge in [0.05, 0.1) is 6.61 Å². The van der Waals surface area contributed by atoms with Crippen molar-refractivity contribution in [2.45, 2.75) is 26.2 Å². The van der Waals surface area contributed by atoms with Crippen LogP contribution in [0.5, 0.6) is 5.75 Å². The van der Waals surface area contributed by atoms with E-state index in [9.17, 15) is 0 Å². The Balaban J connectivity index is 1.62. The molecule has 1 aromatic rings. The highest BCUT2D eigenvalue weighted by Gasteiger charge is 2.23. The van der Waals surface area contributed by atoms with Crippen LogP contribution in [0.25, 0.3) is 0 Å². The number of nitrogens with two attached hydrogens (primary N) is 1. The first kappa shape index (κ1) is 13.2. The Morgan fingerprint density at radius 1 is 1.39 bits per heavy atom. The number of rotatable bonds is 8. The van der Waals surface area contributed by atoms with Crippen molar-refractivity contribution in [3.63, 3.8) is 0 Å². The molecule has 100 valence electrons. The van der Waals surface area contributed by atoms with E-state index in [-0.39, 0.29) is 0 Å². The Kier molecular flexibility index (Phi) is 4.88. The van der Waals surface area contributed by atoms with Gasteiger partial charge in [-0.15, -0.1) is 0 Å². The van der Waals surface area contributed by atoms with Gasteiger partial charge in [0.2, 0.25) is 0 Å². The molecule has 3 nitrogen and oxygen atoms in total. The van der Waals surface area contributed by atoms with Gasteiger partial charge < -0.3 is 15.4 Å². The summed E-state index contributed by atoms with van der Waals surface area (Å²) in [5.74, 6) is 1.85. The number of nitrogen functional groups attached to an aromatic ring is 1. The van der Waals surface area contributed by atoms with Crippen LogP contribution >= 0.6 is 0 Å². The van der Waals surface area contributed by atoms with Crippen molar-refractivity contribution in [1.82, 2.24) is 4.90 Å². The first-order chi connectivity index (χ1) is 8.78. The van der Waals surface area contributed by atoms with E-state index < -0.39 is 0 Å². The quantitative estimate of drug-likeness (QED) is 0.568. The van der Waals surface area contributed by atoms with E-state index in [1.54, 1.807) is 0 Å². The van der Waals surface area contributed by atoms with Crippen LogP contribution < -0.4 is 10.5 Å². The summed E-state index contributed by atoms with van der Waals surface area (Å²) in [7, 11) is 0. The molecule has 0 aliphatic heterocycles. The molecule has 0 heterocycles. The minimum Gasteiger partial charge on any atom is -0.493 e. The van der Waals surface area contributed by atoms with Gasteiger partial charge in [-0.1, -0.05) is 13.0 Å². The standard InChI is InChI=1S/C15H24N2O/c1-2-17(12-13-7-8-13)9-4-10-18-15-6-3-5-14(16)11-15/h3,5-6,11,13H,2,4,7-10,12,16H2,1H3. The van der Waals surface area contributed by atoms with Gasteiger partial charge >= 0.3 is 0 Å². The van der Waals surface area contributed by atoms with Crippen LogP contribution in [0.4, 0.5) is 5.69 Å². The normalized spacial score (nSPS) is 15.0. The number of hydrogen-bond acceptors (Lipinski definition) is 3. The number of benzene rings is 1. The second-order valence-corrected chi connectivity index (χ2v) is 5.11. The summed E-state index contributed by atoms with van der Waals surface area (Å²) in [4.78, 5) is 2.53. The fraction of sp³-hybridized carbons (Fsp3) is 0.600. The van der Waals surface area contributed by atoms with Gasteiger partial charge in [0.1, 0.15) is 5.75 Å². The molecule has 0 spiro atoms. The Bertz CT molecular complexity index is 363. The van der Waals surface area contributed by atoms with Gasteiger partial charge in [-0.25, -0.2) is 0 Å². The van der Waals surface area contributed by atoms with Crippen molar-refractivity contribution >= 4 is 5.69 Å². The van der Waals surface area contributed by atoms with Gasteiger partial charge in [0, 0.05) is 24.8 Å². The van der Waals surface area contributed by atoms with Crippen molar-refractivity contribution in [3.05, 3.63) is 24.3 Å². The van der Waals surface area contributed by atoms with Crippen LogP contribution in [0.15, 0.2) is 24.3 Å². The molecule has 0 unspecified atom stereocenters. The fourth-order valence-electron chi connectivity index (χ4n) is 2.13. The molecule has 0 radical (unpaired) electrons. The second-order valence-electron chi connectivity index (χ2n) is 5.11. The van der Waals surface area contributed by atoms with Crippen LogP contribution in [0.1, 0.15) is 26.2 Å². The predicted molar refractivity (Wildman–Crippen MR) is 75.8 cm³/mol. The van der Waals surface area contributed by atoms with E-state index in [4.69, 9.17) is 10.5 Å². The lowest BCUT2D eigenvalue weighted by Gasteiger charge is -2.20. The molecule has 2 rings (SSSR count). The molecule has 1 aromatic carbocycles. The maximum Gasteiger partial charge on any atom is 0.121 e. The highest BCUT2D eigenvalue weighted by molar-refractivity contribution is 5.43. The molecule has 0 amide bonds. The molecule has 1 aliphatic rings. The van der Waals surface area contributed by atoms with Crippen molar-refractivity contribution in [2.75, 3.05) is 32.0 Å². The molecule has 18 heavy (non-hydrogen) atoms. The largest absolute Gasteiger partial charge is 0.493 e. The number of ether oxygens (including phenoxy) is 1. The summed E-state index contributed by atoms with van der Waals surface area (Å²) in [6.45, 7) is 6.56. The average molecular weight is 248 g/mol. The monoisotopic (exact) mass is 248 g/mol. The number of nitrogens with zero attached hydrogens (tertiary/aromatic N) is 1. The first-order valence-corrected chi connectivity index (χ1v) is 6.98. The molecule has 2 N–H and O–H groups in total. The van der Waals surface area contributed by atoms with Gasteiger partial charge in [-0.05, 0) is 43.9 Å². The zero-order chi connectivity index (χ0) is 12.8. The number of anilines is 1. The molecule has 0 bridgehead atoms. The van der Waals surface area contributed by atoms with Gasteiger partial charge in [0.15, 0.2) is 0 Å².